The van der Waals surface area contributed by atoms with Crippen molar-refractivity contribution in [2.75, 3.05) is 0 Å². The minimum atomic E-state index is -0.900. The number of aromatic nitrogens is 1. The van der Waals surface area contributed by atoms with E-state index in [4.69, 9.17) is 11.6 Å². The lowest BCUT2D eigenvalue weighted by Crippen LogP contribution is -2.19. The molecule has 0 aliphatic rings. The third-order valence-corrected chi connectivity index (χ3v) is 5.66. The number of hydrogen-bond donors (Lipinski definition) is 2. The summed E-state index contributed by atoms with van der Waals surface area (Å²) < 4.78 is 2.04. The molecule has 0 aliphatic heterocycles. The predicted molar refractivity (Wildman–Crippen MR) is 113 cm³/mol. The maximum Gasteiger partial charge on any atom is 0.337 e. The first kappa shape index (κ1) is 20.2. The summed E-state index contributed by atoms with van der Waals surface area (Å²) in [6.45, 7) is 6.95. The molecule has 5 heteroatoms. The van der Waals surface area contributed by atoms with E-state index in [-0.39, 0.29) is 6.04 Å². The van der Waals surface area contributed by atoms with Crippen molar-refractivity contribution >= 4 is 17.6 Å². The van der Waals surface area contributed by atoms with Crippen molar-refractivity contribution in [1.82, 2.24) is 9.88 Å². The summed E-state index contributed by atoms with van der Waals surface area (Å²) in [6, 6.07) is 17.9. The van der Waals surface area contributed by atoms with E-state index in [0.29, 0.717) is 23.7 Å². The van der Waals surface area contributed by atoms with E-state index in [2.05, 4.69) is 24.4 Å². The van der Waals surface area contributed by atoms with Gasteiger partial charge in [0, 0.05) is 41.1 Å². The normalized spacial score (nSPS) is 12.1. The predicted octanol–water partition coefficient (Wildman–Crippen LogP) is 5.36. The molecule has 1 aromatic heterocycles. The third-order valence-electron chi connectivity index (χ3n) is 5.29. The second-order valence-electron chi connectivity index (χ2n) is 7.02. The molecule has 2 N–H and O–H groups in total. The van der Waals surface area contributed by atoms with Crippen LogP contribution in [0.5, 0.6) is 0 Å². The molecule has 0 aliphatic carbocycles. The van der Waals surface area contributed by atoms with Crippen LogP contribution < -0.4 is 5.32 Å². The first-order chi connectivity index (χ1) is 13.4. The third kappa shape index (κ3) is 4.13. The Bertz CT molecular complexity index is 980. The first-order valence-electron chi connectivity index (χ1n) is 9.33. The molecular weight excluding hydrogens is 372 g/mol. The van der Waals surface area contributed by atoms with Gasteiger partial charge in [-0.3, -0.25) is 0 Å². The van der Waals surface area contributed by atoms with Gasteiger partial charge in [0.05, 0.1) is 5.56 Å². The van der Waals surface area contributed by atoms with Crippen LogP contribution in [0.15, 0.2) is 54.6 Å². The quantitative estimate of drug-likeness (QED) is 0.565. The van der Waals surface area contributed by atoms with Gasteiger partial charge in [0.25, 0.3) is 0 Å². The average Bonchev–Trinajstić information content (AvgIpc) is 2.92. The van der Waals surface area contributed by atoms with Gasteiger partial charge >= 0.3 is 5.97 Å². The smallest absolute Gasteiger partial charge is 0.337 e. The second kappa shape index (κ2) is 8.63. The van der Waals surface area contributed by atoms with Crippen LogP contribution >= 0.6 is 11.6 Å². The van der Waals surface area contributed by atoms with Gasteiger partial charge < -0.3 is 15.0 Å². The van der Waals surface area contributed by atoms with Crippen molar-refractivity contribution in [1.29, 1.82) is 0 Å². The number of hydrogen-bond acceptors (Lipinski definition) is 2. The maximum atomic E-state index is 12.0. The summed E-state index contributed by atoms with van der Waals surface area (Å²) in [5, 5.41) is 14.0. The lowest BCUT2D eigenvalue weighted by molar-refractivity contribution is 0.0694. The molecule has 0 fully saturated rings. The van der Waals surface area contributed by atoms with Crippen LogP contribution in [0.2, 0.25) is 5.02 Å². The van der Waals surface area contributed by atoms with Crippen molar-refractivity contribution in [3.8, 4) is 0 Å². The number of carboxylic acid groups (broad SMARTS) is 1. The van der Waals surface area contributed by atoms with Crippen molar-refractivity contribution < 1.29 is 9.90 Å². The van der Waals surface area contributed by atoms with Crippen molar-refractivity contribution in [3.63, 3.8) is 0 Å². The van der Waals surface area contributed by atoms with Crippen molar-refractivity contribution in [2.45, 2.75) is 39.9 Å². The zero-order valence-corrected chi connectivity index (χ0v) is 17.1. The fourth-order valence-corrected chi connectivity index (χ4v) is 3.79. The number of aromatic carboxylic acids is 1. The molecule has 146 valence electrons. The van der Waals surface area contributed by atoms with Crippen LogP contribution in [0.4, 0.5) is 0 Å². The molecule has 4 nitrogen and oxygen atoms in total. The Balaban J connectivity index is 1.90. The van der Waals surface area contributed by atoms with Crippen LogP contribution in [-0.4, -0.2) is 15.6 Å². The lowest BCUT2D eigenvalue weighted by Gasteiger charge is -2.15. The molecule has 28 heavy (non-hydrogen) atoms. The zero-order valence-electron chi connectivity index (χ0n) is 16.4. The van der Waals surface area contributed by atoms with Crippen LogP contribution in [0.25, 0.3) is 0 Å². The van der Waals surface area contributed by atoms with E-state index >= 15 is 0 Å². The number of nitrogens with one attached hydrogen (secondary N) is 1. The van der Waals surface area contributed by atoms with Crippen LogP contribution in [0.1, 0.15) is 51.4 Å². The van der Waals surface area contributed by atoms with E-state index in [1.165, 1.54) is 5.56 Å². The largest absolute Gasteiger partial charge is 0.478 e. The highest BCUT2D eigenvalue weighted by atomic mass is 35.5. The van der Waals surface area contributed by atoms with Gasteiger partial charge in [-0.2, -0.15) is 0 Å². The molecule has 0 amide bonds. The highest BCUT2D eigenvalue weighted by molar-refractivity contribution is 6.31. The van der Waals surface area contributed by atoms with Crippen molar-refractivity contribution in [3.05, 3.63) is 93.3 Å². The summed E-state index contributed by atoms with van der Waals surface area (Å²) in [6.07, 6.45) is 0. The molecule has 0 spiro atoms. The summed E-state index contributed by atoms with van der Waals surface area (Å²) in [5.74, 6) is -0.900. The van der Waals surface area contributed by atoms with Gasteiger partial charge in [-0.1, -0.05) is 60.1 Å². The van der Waals surface area contributed by atoms with Crippen LogP contribution in [0, 0.1) is 13.8 Å². The van der Waals surface area contributed by atoms with Gasteiger partial charge in [-0.25, -0.2) is 4.79 Å². The van der Waals surface area contributed by atoms with Gasteiger partial charge in [0.15, 0.2) is 0 Å². The molecule has 0 bridgehead atoms. The van der Waals surface area contributed by atoms with E-state index in [1.54, 1.807) is 0 Å². The van der Waals surface area contributed by atoms with E-state index in [1.807, 2.05) is 60.9 Å². The SMILES string of the molecule is Cc1c(CNC(C)c2ccccc2)c(C(=O)O)c(C)n1Cc1ccccc1Cl. The monoisotopic (exact) mass is 396 g/mol. The molecular formula is C23H25ClN2O2. The van der Waals surface area contributed by atoms with Crippen LogP contribution in [0.3, 0.4) is 0 Å². The van der Waals surface area contributed by atoms with E-state index < -0.39 is 5.97 Å². The van der Waals surface area contributed by atoms with Gasteiger partial charge in [-0.05, 0) is 38.0 Å². The summed E-state index contributed by atoms with van der Waals surface area (Å²) in [7, 11) is 0. The van der Waals surface area contributed by atoms with E-state index in [9.17, 15) is 9.90 Å². The zero-order chi connectivity index (χ0) is 20.3. The lowest BCUT2D eigenvalue weighted by atomic mass is 10.1. The van der Waals surface area contributed by atoms with Crippen molar-refractivity contribution in [2.24, 2.45) is 0 Å². The fourth-order valence-electron chi connectivity index (χ4n) is 3.60. The second-order valence-corrected chi connectivity index (χ2v) is 7.43. The number of carboxylic acids is 1. The molecule has 2 aromatic carbocycles. The highest BCUT2D eigenvalue weighted by Gasteiger charge is 2.23. The highest BCUT2D eigenvalue weighted by Crippen LogP contribution is 2.26. The van der Waals surface area contributed by atoms with Crippen LogP contribution in [-0.2, 0) is 13.1 Å². The molecule has 3 rings (SSSR count). The maximum absolute atomic E-state index is 12.0. The Labute approximate surface area is 170 Å². The van der Waals surface area contributed by atoms with Gasteiger partial charge in [-0.15, -0.1) is 0 Å². The molecule has 0 saturated carbocycles. The number of carbonyl (C=O) groups is 1. The number of benzene rings is 2. The summed E-state index contributed by atoms with van der Waals surface area (Å²) in [5.41, 5.74) is 5.03. The topological polar surface area (TPSA) is 54.3 Å². The summed E-state index contributed by atoms with van der Waals surface area (Å²) in [4.78, 5) is 12.0. The Morgan fingerprint density at radius 3 is 2.36 bits per heavy atom. The molecule has 0 saturated heterocycles. The Kier molecular flexibility index (Phi) is 6.22. The molecule has 1 unspecified atom stereocenters. The Hall–Kier alpha value is -2.56. The van der Waals surface area contributed by atoms with E-state index in [0.717, 1.165) is 22.5 Å². The summed E-state index contributed by atoms with van der Waals surface area (Å²) >= 11 is 6.32. The molecule has 1 heterocycles. The number of halogens is 1. The van der Waals surface area contributed by atoms with Gasteiger partial charge in [0.1, 0.15) is 0 Å². The fraction of sp³-hybridized carbons (Fsp3) is 0.261. The van der Waals surface area contributed by atoms with Gasteiger partial charge in [0.2, 0.25) is 0 Å². The minimum absolute atomic E-state index is 0.120. The molecule has 0 radical (unpaired) electrons. The first-order valence-corrected chi connectivity index (χ1v) is 9.71. The minimum Gasteiger partial charge on any atom is -0.478 e. The Morgan fingerprint density at radius 1 is 1.07 bits per heavy atom. The average molecular weight is 397 g/mol. The Morgan fingerprint density at radius 2 is 1.71 bits per heavy atom. The number of rotatable bonds is 7. The molecule has 1 atom stereocenters. The molecule has 3 aromatic rings. The number of nitrogens with zero attached hydrogens (tertiary/aromatic N) is 1. The standard InChI is InChI=1S/C23H25ClN2O2/c1-15(18-9-5-4-6-10-18)25-13-20-16(2)26(17(3)22(20)23(27)28)14-19-11-7-8-12-21(19)24/h4-12,15,25H,13-14H2,1-3H3,(H,27,28).